The summed E-state index contributed by atoms with van der Waals surface area (Å²) in [5.74, 6) is 0. The average molecular weight is 579 g/mol. The molecule has 1 heterocycles. The summed E-state index contributed by atoms with van der Waals surface area (Å²) in [4.78, 5) is 0. The first-order chi connectivity index (χ1) is 7.00. The summed E-state index contributed by atoms with van der Waals surface area (Å²) < 4.78 is 0. The molecule has 0 aromatic carbocycles. The summed E-state index contributed by atoms with van der Waals surface area (Å²) in [6.07, 6.45) is 2.44. The van der Waals surface area contributed by atoms with Crippen LogP contribution in [0.2, 0.25) is 0 Å². The summed E-state index contributed by atoms with van der Waals surface area (Å²) in [6.45, 7) is 8.87. The van der Waals surface area contributed by atoms with Gasteiger partial charge in [-0.3, -0.25) is 0 Å². The summed E-state index contributed by atoms with van der Waals surface area (Å²) in [5.41, 5.74) is 0. The van der Waals surface area contributed by atoms with Crippen LogP contribution in [0.4, 0.5) is 0 Å². The number of nitrogens with one attached hydrogen (secondary N) is 4. The van der Waals surface area contributed by atoms with Crippen LogP contribution in [0.25, 0.3) is 0 Å². The second-order valence-electron chi connectivity index (χ2n) is 3.71. The maximum atomic E-state index is 3.42. The molecule has 1 aliphatic heterocycles. The maximum absolute atomic E-state index is 3.42. The topological polar surface area (TPSA) is 79.6 Å². The fourth-order valence-electron chi connectivity index (χ4n) is 1.53. The molecule has 0 spiro atoms. The Hall–Kier alpha value is 1.92. The van der Waals surface area contributed by atoms with Gasteiger partial charge in [-0.25, -0.2) is 0 Å². The van der Waals surface area contributed by atoms with E-state index in [2.05, 4.69) is 21.3 Å². The van der Waals surface area contributed by atoms with Gasteiger partial charge in [0.05, 0.1) is 0 Å². The molecule has 1 aliphatic rings. The Morgan fingerprint density at radius 3 is 0.889 bits per heavy atom. The second-order valence-corrected chi connectivity index (χ2v) is 3.71. The van der Waals surface area contributed by atoms with Crippen molar-refractivity contribution < 1.29 is 73.9 Å². The average Bonchev–Trinajstić information content (AvgIpc) is 2.22. The van der Waals surface area contributed by atoms with Gasteiger partial charge in [-0.1, -0.05) is 0 Å². The molecule has 0 aromatic rings. The Balaban J connectivity index is -0.000000245. The van der Waals surface area contributed by atoms with E-state index >= 15 is 0 Å². The molecule has 1 rings (SSSR count). The Morgan fingerprint density at radius 1 is 0.444 bits per heavy atom. The first kappa shape index (κ1) is 28.1. The molecule has 0 bridgehead atoms. The summed E-state index contributed by atoms with van der Waals surface area (Å²) >= 11 is 0. The van der Waals surface area contributed by atoms with Crippen molar-refractivity contribution in [2.24, 2.45) is 0 Å². The van der Waals surface area contributed by atoms with Crippen molar-refractivity contribution in [2.45, 2.75) is 12.8 Å². The molecule has 0 atom stereocenters. The predicted molar refractivity (Wildman–Crippen MR) is 64.3 cm³/mol. The molecule has 1 fully saturated rings. The zero-order valence-electron chi connectivity index (χ0n) is 10.6. The molecule has 0 unspecified atom stereocenters. The number of halogens is 2. The number of rotatable bonds is 0. The number of hydrogen-bond donors (Lipinski definition) is 4. The van der Waals surface area contributed by atoms with Gasteiger partial charge in [0.15, 0.2) is 0 Å². The van der Waals surface area contributed by atoms with Crippen molar-refractivity contribution in [2.75, 3.05) is 52.4 Å². The van der Waals surface area contributed by atoms with Crippen LogP contribution in [0.3, 0.4) is 0 Å². The van der Waals surface area contributed by atoms with Gasteiger partial charge in [-0.2, -0.15) is 0 Å². The molecule has 18 heavy (non-hydrogen) atoms. The van der Waals surface area contributed by atoms with Crippen molar-refractivity contribution in [1.82, 2.24) is 21.3 Å². The van der Waals surface area contributed by atoms with Crippen molar-refractivity contribution in [3.8, 4) is 0 Å². The van der Waals surface area contributed by atoms with E-state index in [0.717, 1.165) is 52.4 Å². The molecule has 0 aliphatic carbocycles. The van der Waals surface area contributed by atoms with E-state index in [1.54, 1.807) is 0 Å². The molecule has 116 valence electrons. The molecule has 0 amide bonds. The fraction of sp³-hybridized carbons (Fsp3) is 1.00. The molecule has 5 nitrogen and oxygen atoms in total. The Bertz CT molecular complexity index is 85.1. The van der Waals surface area contributed by atoms with E-state index in [-0.39, 0.29) is 73.9 Å². The monoisotopic (exact) mass is 578 g/mol. The molecule has 8 heteroatoms. The van der Waals surface area contributed by atoms with Gasteiger partial charge in [-0.05, 0) is 39.0 Å². The van der Waals surface area contributed by atoms with E-state index in [0.29, 0.717) is 0 Å². The van der Waals surface area contributed by atoms with E-state index in [9.17, 15) is 0 Å². The van der Waals surface area contributed by atoms with Crippen LogP contribution in [0.15, 0.2) is 0 Å². The van der Waals surface area contributed by atoms with E-state index in [4.69, 9.17) is 0 Å². The smallest absolute Gasteiger partial charge is 1.00 e. The van der Waals surface area contributed by atoms with Crippen molar-refractivity contribution >= 4 is 0 Å². The summed E-state index contributed by atoms with van der Waals surface area (Å²) in [7, 11) is 0. The van der Waals surface area contributed by atoms with Crippen LogP contribution in [0.5, 0.6) is 0 Å². The van der Waals surface area contributed by atoms with Crippen molar-refractivity contribution in [3.05, 3.63) is 0 Å². The minimum Gasteiger partial charge on any atom is -1.00 e. The Kier molecular flexibility index (Phi) is 37.5. The molecule has 0 aromatic heterocycles. The van der Waals surface area contributed by atoms with Gasteiger partial charge in [0.25, 0.3) is 0 Å². The van der Waals surface area contributed by atoms with E-state index < -0.39 is 0 Å². The van der Waals surface area contributed by atoms with Gasteiger partial charge in [0, 0.05) is 26.2 Å². The molecular formula is C10H26I2N4OPd. The van der Waals surface area contributed by atoms with Crippen LogP contribution in [-0.4, -0.2) is 57.8 Å². The van der Waals surface area contributed by atoms with Crippen LogP contribution in [0.1, 0.15) is 12.8 Å². The van der Waals surface area contributed by atoms with Gasteiger partial charge in [0.1, 0.15) is 0 Å². The first-order valence-corrected chi connectivity index (χ1v) is 5.83. The minimum absolute atomic E-state index is 0. The first-order valence-electron chi connectivity index (χ1n) is 5.83. The third kappa shape index (κ3) is 20.2. The predicted octanol–water partition coefficient (Wildman–Crippen LogP) is -7.68. The van der Waals surface area contributed by atoms with Gasteiger partial charge >= 0.3 is 20.4 Å². The maximum Gasteiger partial charge on any atom is 2.00 e. The largest absolute Gasteiger partial charge is 2.00 e. The molecule has 0 radical (unpaired) electrons. The molecule has 1 saturated heterocycles. The zero-order valence-corrected chi connectivity index (χ0v) is 16.5. The quantitative estimate of drug-likeness (QED) is 0.170. The second kappa shape index (κ2) is 24.0. The number of hydrogen-bond acceptors (Lipinski definition) is 4. The minimum atomic E-state index is 0. The normalized spacial score (nSPS) is 18.7. The molecule has 0 saturated carbocycles. The SMILES string of the molecule is C1CNCCNCCCNCCNC1.O.[I-].[I-].[Pd+2]. The molecular weight excluding hydrogens is 552 g/mol. The summed E-state index contributed by atoms with van der Waals surface area (Å²) in [5, 5.41) is 13.7. The van der Waals surface area contributed by atoms with Crippen molar-refractivity contribution in [1.29, 1.82) is 0 Å². The zero-order chi connectivity index (χ0) is 9.90. The third-order valence-corrected chi connectivity index (χ3v) is 2.37. The van der Waals surface area contributed by atoms with Crippen LogP contribution in [-0.2, 0) is 20.4 Å². The Morgan fingerprint density at radius 2 is 0.667 bits per heavy atom. The standard InChI is InChI=1S/C10H24N4.2HI.H2O.Pd/c1-3-11-7-9-13-5-2-6-14-10-8-12-4-1;;;;/h11-14H,1-10H2;2*1H;1H2;/q;;;;+2/p-2. The molecule has 6 N–H and O–H groups in total. The van der Waals surface area contributed by atoms with Crippen LogP contribution >= 0.6 is 0 Å². The van der Waals surface area contributed by atoms with Gasteiger partial charge < -0.3 is 74.7 Å². The van der Waals surface area contributed by atoms with E-state index in [1.807, 2.05) is 0 Å². The van der Waals surface area contributed by atoms with Gasteiger partial charge in [-0.15, -0.1) is 0 Å². The van der Waals surface area contributed by atoms with E-state index in [1.165, 1.54) is 12.8 Å². The fourth-order valence-corrected chi connectivity index (χ4v) is 1.53. The third-order valence-electron chi connectivity index (χ3n) is 2.37. The van der Waals surface area contributed by atoms with Crippen LogP contribution < -0.4 is 69.2 Å². The van der Waals surface area contributed by atoms with Gasteiger partial charge in [0.2, 0.25) is 0 Å². The Labute approximate surface area is 159 Å². The van der Waals surface area contributed by atoms with Crippen LogP contribution in [0, 0.1) is 0 Å². The van der Waals surface area contributed by atoms with Crippen molar-refractivity contribution in [3.63, 3.8) is 0 Å². The summed E-state index contributed by atoms with van der Waals surface area (Å²) in [6, 6.07) is 0.